The van der Waals surface area contributed by atoms with Gasteiger partial charge in [0.1, 0.15) is 6.61 Å². The van der Waals surface area contributed by atoms with E-state index in [9.17, 15) is 0 Å². The van der Waals surface area contributed by atoms with E-state index in [-0.39, 0.29) is 0 Å². The van der Waals surface area contributed by atoms with Crippen molar-refractivity contribution >= 4 is 11.6 Å². The molecule has 19 heavy (non-hydrogen) atoms. The smallest absolute Gasteiger partial charge is 0.166 e. The van der Waals surface area contributed by atoms with Crippen molar-refractivity contribution < 1.29 is 9.47 Å². The highest BCUT2D eigenvalue weighted by atomic mass is 35.5. The van der Waals surface area contributed by atoms with E-state index in [1.165, 1.54) is 5.54 Å². The standard InChI is InChI=1S/C15H22ClNO2/c1-11(2)17-9-13-6-5-7-14(18-4)15(13)19-10-12(3)8-16/h5-8,11,17H,9-10H2,1-4H3/b12-8+. The van der Waals surface area contributed by atoms with Gasteiger partial charge in [-0.2, -0.15) is 0 Å². The molecule has 3 nitrogen and oxygen atoms in total. The highest BCUT2D eigenvalue weighted by Gasteiger charge is 2.11. The molecule has 1 aromatic carbocycles. The van der Waals surface area contributed by atoms with Crippen LogP contribution in [0.1, 0.15) is 26.3 Å². The second-order valence-corrected chi connectivity index (χ2v) is 4.95. The van der Waals surface area contributed by atoms with E-state index >= 15 is 0 Å². The molecule has 0 unspecified atom stereocenters. The van der Waals surface area contributed by atoms with E-state index in [1.54, 1.807) is 7.11 Å². The van der Waals surface area contributed by atoms with Crippen LogP contribution in [0.3, 0.4) is 0 Å². The third-order valence-electron chi connectivity index (χ3n) is 2.61. The maximum Gasteiger partial charge on any atom is 0.166 e. The lowest BCUT2D eigenvalue weighted by atomic mass is 10.1. The molecule has 0 atom stereocenters. The van der Waals surface area contributed by atoms with Crippen LogP contribution in [-0.2, 0) is 6.54 Å². The van der Waals surface area contributed by atoms with E-state index in [1.807, 2.05) is 25.1 Å². The largest absolute Gasteiger partial charge is 0.493 e. The minimum atomic E-state index is 0.420. The van der Waals surface area contributed by atoms with Gasteiger partial charge in [0.2, 0.25) is 0 Å². The Labute approximate surface area is 120 Å². The van der Waals surface area contributed by atoms with Crippen LogP contribution >= 0.6 is 11.6 Å². The first-order valence-corrected chi connectivity index (χ1v) is 6.80. The maximum atomic E-state index is 5.83. The van der Waals surface area contributed by atoms with Crippen LogP contribution in [-0.4, -0.2) is 19.8 Å². The predicted molar refractivity (Wildman–Crippen MR) is 80.1 cm³/mol. The number of rotatable bonds is 7. The number of methoxy groups -OCH3 is 1. The zero-order valence-electron chi connectivity index (χ0n) is 12.0. The first kappa shape index (κ1) is 15.9. The van der Waals surface area contributed by atoms with E-state index in [0.29, 0.717) is 12.6 Å². The summed E-state index contributed by atoms with van der Waals surface area (Å²) in [5.74, 6) is 1.52. The van der Waals surface area contributed by atoms with Gasteiger partial charge >= 0.3 is 0 Å². The van der Waals surface area contributed by atoms with Gasteiger partial charge in [-0.05, 0) is 18.6 Å². The first-order valence-electron chi connectivity index (χ1n) is 6.36. The van der Waals surface area contributed by atoms with Gasteiger partial charge in [0.15, 0.2) is 11.5 Å². The Morgan fingerprint density at radius 1 is 1.42 bits per heavy atom. The molecular weight excluding hydrogens is 262 g/mol. The van der Waals surface area contributed by atoms with Gasteiger partial charge in [-0.25, -0.2) is 0 Å². The fourth-order valence-corrected chi connectivity index (χ4v) is 1.62. The summed E-state index contributed by atoms with van der Waals surface area (Å²) in [6, 6.07) is 6.32. The Bertz CT molecular complexity index is 430. The van der Waals surface area contributed by atoms with Crippen LogP contribution < -0.4 is 14.8 Å². The van der Waals surface area contributed by atoms with Crippen molar-refractivity contribution in [1.29, 1.82) is 0 Å². The Morgan fingerprint density at radius 3 is 2.74 bits per heavy atom. The zero-order valence-corrected chi connectivity index (χ0v) is 12.8. The molecule has 1 N–H and O–H groups in total. The number of halogens is 1. The predicted octanol–water partition coefficient (Wildman–Crippen LogP) is 3.71. The molecule has 0 radical (unpaired) electrons. The molecule has 0 aromatic heterocycles. The maximum absolute atomic E-state index is 5.83. The summed E-state index contributed by atoms with van der Waals surface area (Å²) in [4.78, 5) is 0. The van der Waals surface area contributed by atoms with E-state index in [2.05, 4.69) is 19.2 Å². The molecule has 0 aliphatic rings. The van der Waals surface area contributed by atoms with Gasteiger partial charge in [0, 0.05) is 23.7 Å². The van der Waals surface area contributed by atoms with Gasteiger partial charge in [0.25, 0.3) is 0 Å². The summed E-state index contributed by atoms with van der Waals surface area (Å²) in [6.07, 6.45) is 0. The molecule has 0 saturated carbocycles. The van der Waals surface area contributed by atoms with Crippen molar-refractivity contribution in [2.45, 2.75) is 33.4 Å². The van der Waals surface area contributed by atoms with Crippen LogP contribution in [0.2, 0.25) is 0 Å². The average molecular weight is 284 g/mol. The number of nitrogens with one attached hydrogen (secondary N) is 1. The normalized spacial score (nSPS) is 11.8. The fraction of sp³-hybridized carbons (Fsp3) is 0.467. The van der Waals surface area contributed by atoms with Gasteiger partial charge < -0.3 is 14.8 Å². The molecule has 0 heterocycles. The molecule has 1 rings (SSSR count). The SMILES string of the molecule is COc1cccc(CNC(C)C)c1OC/C(C)=C/Cl. The minimum absolute atomic E-state index is 0.420. The van der Waals surface area contributed by atoms with Gasteiger partial charge in [-0.3, -0.25) is 0 Å². The zero-order chi connectivity index (χ0) is 14.3. The third kappa shape index (κ3) is 5.13. The third-order valence-corrected chi connectivity index (χ3v) is 2.98. The lowest BCUT2D eigenvalue weighted by Gasteiger charge is -2.16. The number of benzene rings is 1. The van der Waals surface area contributed by atoms with Crippen molar-refractivity contribution in [3.63, 3.8) is 0 Å². The summed E-state index contributed by atoms with van der Waals surface area (Å²) in [5.41, 5.74) is 3.58. The molecule has 0 amide bonds. The molecular formula is C15H22ClNO2. The topological polar surface area (TPSA) is 30.5 Å². The quantitative estimate of drug-likeness (QED) is 0.827. The highest BCUT2D eigenvalue weighted by molar-refractivity contribution is 6.25. The number of ether oxygens (including phenoxy) is 2. The van der Waals surface area contributed by atoms with Crippen LogP contribution in [0, 0.1) is 0 Å². The molecule has 0 fully saturated rings. The van der Waals surface area contributed by atoms with Gasteiger partial charge in [0.05, 0.1) is 7.11 Å². The number of hydrogen-bond acceptors (Lipinski definition) is 3. The second kappa shape index (κ2) is 8.08. The van der Waals surface area contributed by atoms with E-state index < -0.39 is 0 Å². The lowest BCUT2D eigenvalue weighted by Crippen LogP contribution is -2.22. The van der Waals surface area contributed by atoms with Crippen molar-refractivity contribution in [2.75, 3.05) is 13.7 Å². The molecule has 0 spiro atoms. The highest BCUT2D eigenvalue weighted by Crippen LogP contribution is 2.31. The van der Waals surface area contributed by atoms with Crippen LogP contribution in [0.25, 0.3) is 0 Å². The van der Waals surface area contributed by atoms with Crippen molar-refractivity contribution in [1.82, 2.24) is 5.32 Å². The summed E-state index contributed by atoms with van der Waals surface area (Å²) >= 11 is 5.65. The molecule has 0 saturated heterocycles. The van der Waals surface area contributed by atoms with Crippen LogP contribution in [0.15, 0.2) is 29.3 Å². The Kier molecular flexibility index (Phi) is 6.74. The molecule has 1 aromatic rings. The fourth-order valence-electron chi connectivity index (χ4n) is 1.56. The molecule has 106 valence electrons. The Morgan fingerprint density at radius 2 is 2.16 bits per heavy atom. The van der Waals surface area contributed by atoms with Crippen molar-refractivity contribution in [2.24, 2.45) is 0 Å². The monoisotopic (exact) mass is 283 g/mol. The molecule has 4 heteroatoms. The van der Waals surface area contributed by atoms with Crippen molar-refractivity contribution in [3.8, 4) is 11.5 Å². The number of para-hydroxylation sites is 1. The van der Waals surface area contributed by atoms with Gasteiger partial charge in [-0.1, -0.05) is 37.6 Å². The molecule has 0 aliphatic heterocycles. The second-order valence-electron chi connectivity index (χ2n) is 4.73. The summed E-state index contributed by atoms with van der Waals surface area (Å²) < 4.78 is 11.2. The average Bonchev–Trinajstić information content (AvgIpc) is 2.42. The summed E-state index contributed by atoms with van der Waals surface area (Å²) in [6.45, 7) is 7.35. The van der Waals surface area contributed by atoms with Crippen LogP contribution in [0.4, 0.5) is 0 Å². The Hall–Kier alpha value is -1.19. The van der Waals surface area contributed by atoms with E-state index in [4.69, 9.17) is 21.1 Å². The summed E-state index contributed by atoms with van der Waals surface area (Å²) in [7, 11) is 1.64. The first-order chi connectivity index (χ1) is 9.08. The summed E-state index contributed by atoms with van der Waals surface area (Å²) in [5, 5.41) is 3.38. The van der Waals surface area contributed by atoms with E-state index in [0.717, 1.165) is 29.2 Å². The molecule has 0 aliphatic carbocycles. The molecule has 0 bridgehead atoms. The van der Waals surface area contributed by atoms with Gasteiger partial charge in [-0.15, -0.1) is 0 Å². The Balaban J connectivity index is 2.89. The minimum Gasteiger partial charge on any atom is -0.493 e. The number of hydrogen-bond donors (Lipinski definition) is 1. The van der Waals surface area contributed by atoms with Crippen LogP contribution in [0.5, 0.6) is 11.5 Å². The lowest BCUT2D eigenvalue weighted by molar-refractivity contribution is 0.315. The van der Waals surface area contributed by atoms with Crippen molar-refractivity contribution in [3.05, 3.63) is 34.9 Å².